The van der Waals surface area contributed by atoms with Gasteiger partial charge in [-0.1, -0.05) is 12.5 Å². The molecule has 3 aliphatic carbocycles. The Balaban J connectivity index is 2.01. The highest BCUT2D eigenvalue weighted by atomic mass is 16.1. The lowest BCUT2D eigenvalue weighted by molar-refractivity contribution is -0.120. The van der Waals surface area contributed by atoms with Crippen LogP contribution >= 0.6 is 0 Å². The minimum absolute atomic E-state index is 0.142. The standard InChI is InChI=1S/C18H21NO/c1-11-10-15-16(14(11)6-4-5-9-19)12(2)18(7-8-18)13(3)17(15)20/h10,13H,4-8H2,1-3H3/t13-/m1/s1. The average Bonchev–Trinajstić information content (AvgIpc) is 3.16. The zero-order chi connectivity index (χ0) is 14.5. The minimum Gasteiger partial charge on any atom is -0.294 e. The van der Waals surface area contributed by atoms with Crippen molar-refractivity contribution in [1.82, 2.24) is 0 Å². The smallest absolute Gasteiger partial charge is 0.167 e. The van der Waals surface area contributed by atoms with Crippen LogP contribution in [-0.2, 0) is 4.79 Å². The molecular formula is C18H21NO. The third-order valence-electron chi connectivity index (χ3n) is 5.52. The molecule has 1 fully saturated rings. The van der Waals surface area contributed by atoms with Crippen LogP contribution in [0.5, 0.6) is 0 Å². The molecule has 104 valence electrons. The molecule has 0 aromatic carbocycles. The summed E-state index contributed by atoms with van der Waals surface area (Å²) in [6.07, 6.45) is 6.80. The second-order valence-corrected chi connectivity index (χ2v) is 6.47. The molecule has 2 nitrogen and oxygen atoms in total. The Morgan fingerprint density at radius 3 is 2.70 bits per heavy atom. The number of nitrogens with zero attached hydrogens (tertiary/aromatic N) is 1. The predicted octanol–water partition coefficient (Wildman–Crippen LogP) is 4.25. The molecule has 0 aromatic heterocycles. The Kier molecular flexibility index (Phi) is 2.97. The monoisotopic (exact) mass is 267 g/mol. The van der Waals surface area contributed by atoms with E-state index in [4.69, 9.17) is 5.26 Å². The number of nitriles is 1. The fraction of sp³-hybridized carbons (Fsp3) is 0.556. The van der Waals surface area contributed by atoms with Gasteiger partial charge >= 0.3 is 0 Å². The summed E-state index contributed by atoms with van der Waals surface area (Å²) in [5.41, 5.74) is 6.32. The van der Waals surface area contributed by atoms with Gasteiger partial charge in [-0.3, -0.25) is 4.79 Å². The van der Waals surface area contributed by atoms with E-state index in [1.165, 1.54) is 22.3 Å². The van der Waals surface area contributed by atoms with Crippen LogP contribution in [0.3, 0.4) is 0 Å². The van der Waals surface area contributed by atoms with E-state index in [-0.39, 0.29) is 11.3 Å². The van der Waals surface area contributed by atoms with Gasteiger partial charge in [0.25, 0.3) is 0 Å². The van der Waals surface area contributed by atoms with Gasteiger partial charge in [0.05, 0.1) is 6.07 Å². The largest absolute Gasteiger partial charge is 0.294 e. The number of unbranched alkanes of at least 4 members (excludes halogenated alkanes) is 1. The molecule has 0 bridgehead atoms. The zero-order valence-corrected chi connectivity index (χ0v) is 12.5. The Morgan fingerprint density at radius 1 is 1.40 bits per heavy atom. The molecule has 3 rings (SSSR count). The number of ketones is 1. The minimum atomic E-state index is 0.142. The second-order valence-electron chi connectivity index (χ2n) is 6.47. The van der Waals surface area contributed by atoms with Gasteiger partial charge in [0.15, 0.2) is 5.78 Å². The number of Topliss-reactive ketones (excluding diaryl/α,β-unsaturated/α-hetero) is 1. The van der Waals surface area contributed by atoms with Crippen molar-refractivity contribution in [1.29, 1.82) is 5.26 Å². The average molecular weight is 267 g/mol. The maximum atomic E-state index is 12.6. The van der Waals surface area contributed by atoms with E-state index in [0.717, 1.165) is 31.3 Å². The van der Waals surface area contributed by atoms with Crippen molar-refractivity contribution in [2.45, 2.75) is 52.9 Å². The Bertz CT molecular complexity index is 620. The molecule has 2 heteroatoms. The summed E-state index contributed by atoms with van der Waals surface area (Å²) in [5, 5.41) is 8.72. The normalized spacial score (nSPS) is 26.8. The number of carbonyl (C=O) groups is 1. The van der Waals surface area contributed by atoms with Crippen molar-refractivity contribution in [2.24, 2.45) is 11.3 Å². The first-order chi connectivity index (χ1) is 9.53. The van der Waals surface area contributed by atoms with Crippen LogP contribution in [0.1, 0.15) is 52.9 Å². The van der Waals surface area contributed by atoms with E-state index < -0.39 is 0 Å². The van der Waals surface area contributed by atoms with Crippen molar-refractivity contribution in [3.63, 3.8) is 0 Å². The third kappa shape index (κ3) is 1.66. The Morgan fingerprint density at radius 2 is 2.10 bits per heavy atom. The lowest BCUT2D eigenvalue weighted by Crippen LogP contribution is -2.31. The Labute approximate surface area is 120 Å². The molecule has 20 heavy (non-hydrogen) atoms. The van der Waals surface area contributed by atoms with Crippen molar-refractivity contribution in [3.8, 4) is 6.07 Å². The molecule has 1 atom stereocenters. The van der Waals surface area contributed by atoms with Gasteiger partial charge in [-0.05, 0) is 62.3 Å². The van der Waals surface area contributed by atoms with Crippen LogP contribution in [0, 0.1) is 22.7 Å². The highest BCUT2D eigenvalue weighted by Crippen LogP contribution is 2.63. The SMILES string of the molecule is CC1=C(CCCC#N)C2=C(C)C3(CC3)[C@H](C)C(=O)C2=C1. The number of fused-ring (bicyclic) bond motifs is 1. The summed E-state index contributed by atoms with van der Waals surface area (Å²) in [6, 6.07) is 2.21. The molecule has 0 aromatic rings. The molecule has 0 amide bonds. The molecule has 0 radical (unpaired) electrons. The van der Waals surface area contributed by atoms with E-state index in [9.17, 15) is 4.79 Å². The summed E-state index contributed by atoms with van der Waals surface area (Å²) in [6.45, 7) is 6.42. The van der Waals surface area contributed by atoms with Crippen LogP contribution < -0.4 is 0 Å². The molecule has 1 saturated carbocycles. The van der Waals surface area contributed by atoms with Crippen LogP contribution in [0.15, 0.2) is 33.9 Å². The molecule has 0 saturated heterocycles. The van der Waals surface area contributed by atoms with Gasteiger partial charge in [-0.25, -0.2) is 0 Å². The van der Waals surface area contributed by atoms with Crippen LogP contribution in [0.25, 0.3) is 0 Å². The molecule has 0 heterocycles. The van der Waals surface area contributed by atoms with Gasteiger partial charge in [0.2, 0.25) is 0 Å². The number of hydrogen-bond donors (Lipinski definition) is 0. The highest BCUT2D eigenvalue weighted by molar-refractivity contribution is 6.07. The van der Waals surface area contributed by atoms with Crippen molar-refractivity contribution in [3.05, 3.63) is 33.9 Å². The number of allylic oxidation sites excluding steroid dienone is 6. The first-order valence-corrected chi connectivity index (χ1v) is 7.57. The van der Waals surface area contributed by atoms with E-state index in [2.05, 4.69) is 32.9 Å². The fourth-order valence-corrected chi connectivity index (χ4v) is 4.03. The van der Waals surface area contributed by atoms with Crippen molar-refractivity contribution in [2.75, 3.05) is 0 Å². The summed E-state index contributed by atoms with van der Waals surface area (Å²) >= 11 is 0. The second kappa shape index (κ2) is 4.45. The maximum absolute atomic E-state index is 12.6. The van der Waals surface area contributed by atoms with E-state index in [1.807, 2.05) is 0 Å². The summed E-state index contributed by atoms with van der Waals surface area (Å²) in [4.78, 5) is 12.6. The molecular weight excluding hydrogens is 246 g/mol. The number of rotatable bonds is 3. The van der Waals surface area contributed by atoms with Crippen molar-refractivity contribution >= 4 is 5.78 Å². The highest BCUT2D eigenvalue weighted by Gasteiger charge is 2.56. The topological polar surface area (TPSA) is 40.9 Å². The first kappa shape index (κ1) is 13.4. The molecule has 3 aliphatic rings. The van der Waals surface area contributed by atoms with Gasteiger partial charge in [0, 0.05) is 23.3 Å². The third-order valence-corrected chi connectivity index (χ3v) is 5.52. The summed E-state index contributed by atoms with van der Waals surface area (Å²) in [7, 11) is 0. The number of carbonyl (C=O) groups excluding carboxylic acids is 1. The van der Waals surface area contributed by atoms with E-state index in [0.29, 0.717) is 12.2 Å². The zero-order valence-electron chi connectivity index (χ0n) is 12.5. The molecule has 1 spiro atoms. The molecule has 0 N–H and O–H groups in total. The van der Waals surface area contributed by atoms with Crippen LogP contribution in [-0.4, -0.2) is 5.78 Å². The Hall–Kier alpha value is -1.62. The van der Waals surface area contributed by atoms with E-state index >= 15 is 0 Å². The first-order valence-electron chi connectivity index (χ1n) is 7.57. The van der Waals surface area contributed by atoms with E-state index in [1.54, 1.807) is 0 Å². The number of hydrogen-bond acceptors (Lipinski definition) is 2. The van der Waals surface area contributed by atoms with Gasteiger partial charge in [-0.2, -0.15) is 5.26 Å². The van der Waals surface area contributed by atoms with Gasteiger partial charge in [-0.15, -0.1) is 0 Å². The predicted molar refractivity (Wildman–Crippen MR) is 78.8 cm³/mol. The lowest BCUT2D eigenvalue weighted by atomic mass is 9.70. The van der Waals surface area contributed by atoms with Crippen LogP contribution in [0.4, 0.5) is 0 Å². The van der Waals surface area contributed by atoms with Crippen LogP contribution in [0.2, 0.25) is 0 Å². The maximum Gasteiger partial charge on any atom is 0.167 e. The molecule has 0 aliphatic heterocycles. The quantitative estimate of drug-likeness (QED) is 0.717. The lowest BCUT2D eigenvalue weighted by Gasteiger charge is -2.32. The van der Waals surface area contributed by atoms with Gasteiger partial charge in [0.1, 0.15) is 0 Å². The summed E-state index contributed by atoms with van der Waals surface area (Å²) < 4.78 is 0. The summed E-state index contributed by atoms with van der Waals surface area (Å²) in [5.74, 6) is 0.474. The van der Waals surface area contributed by atoms with Gasteiger partial charge < -0.3 is 0 Å². The molecule has 0 unspecified atom stereocenters. The fourth-order valence-electron chi connectivity index (χ4n) is 4.03. The van der Waals surface area contributed by atoms with Crippen molar-refractivity contribution < 1.29 is 4.79 Å².